The SMILES string of the molecule is O=C(Cl)OCc1ccccc1.O=C(Nc1ccc2[nH]ncc2c1)OCc1ccccc1. The summed E-state index contributed by atoms with van der Waals surface area (Å²) < 4.78 is 9.71. The van der Waals surface area contributed by atoms with Gasteiger partial charge in [-0.1, -0.05) is 60.7 Å². The largest absolute Gasteiger partial charge is 0.449 e. The standard InChI is InChI=1S/C15H13N3O2.C8H7ClO2/c19-15(20-10-11-4-2-1-3-5-11)17-13-6-7-14-12(8-13)9-16-18-14;9-8(10)11-6-7-4-2-1-3-5-7/h1-9H,10H2,(H,16,18)(H,17,19);1-5H,6H2. The van der Waals surface area contributed by atoms with Gasteiger partial charge in [-0.2, -0.15) is 5.10 Å². The van der Waals surface area contributed by atoms with E-state index in [-0.39, 0.29) is 13.2 Å². The number of amides is 1. The van der Waals surface area contributed by atoms with Crippen LogP contribution in [-0.4, -0.2) is 21.7 Å². The van der Waals surface area contributed by atoms with Crippen LogP contribution in [0, 0.1) is 0 Å². The van der Waals surface area contributed by atoms with Gasteiger partial charge in [-0.25, -0.2) is 9.59 Å². The number of hydrogen-bond acceptors (Lipinski definition) is 5. The first-order chi connectivity index (χ1) is 15.1. The Bertz CT molecular complexity index is 1120. The van der Waals surface area contributed by atoms with E-state index in [2.05, 4.69) is 20.3 Å². The molecule has 0 atom stereocenters. The quantitative estimate of drug-likeness (QED) is 0.380. The molecular weight excluding hydrogens is 418 g/mol. The zero-order valence-electron chi connectivity index (χ0n) is 16.5. The summed E-state index contributed by atoms with van der Waals surface area (Å²) in [5.41, 5.74) is 2.72. The molecule has 4 aromatic rings. The molecule has 8 heteroatoms. The zero-order chi connectivity index (χ0) is 21.9. The molecule has 0 saturated carbocycles. The normalized spacial score (nSPS) is 9.97. The highest BCUT2D eigenvalue weighted by molar-refractivity contribution is 6.61. The van der Waals surface area contributed by atoms with Crippen molar-refractivity contribution in [2.24, 2.45) is 0 Å². The minimum atomic E-state index is -0.770. The molecule has 0 bridgehead atoms. The highest BCUT2D eigenvalue weighted by Crippen LogP contribution is 2.17. The minimum absolute atomic E-state index is 0.239. The summed E-state index contributed by atoms with van der Waals surface area (Å²) in [4.78, 5) is 21.9. The molecule has 0 unspecified atom stereocenters. The van der Waals surface area contributed by atoms with Crippen molar-refractivity contribution in [2.45, 2.75) is 13.2 Å². The molecule has 1 amide bonds. The number of nitrogens with one attached hydrogen (secondary N) is 2. The monoisotopic (exact) mass is 437 g/mol. The molecule has 1 aromatic heterocycles. The van der Waals surface area contributed by atoms with Gasteiger partial charge in [-0.05, 0) is 29.3 Å². The molecule has 0 aliphatic heterocycles. The van der Waals surface area contributed by atoms with Gasteiger partial charge < -0.3 is 9.47 Å². The summed E-state index contributed by atoms with van der Waals surface area (Å²) in [6.07, 6.45) is 1.23. The maximum absolute atomic E-state index is 11.7. The Hall–Kier alpha value is -3.84. The van der Waals surface area contributed by atoms with E-state index in [4.69, 9.17) is 16.3 Å². The van der Waals surface area contributed by atoms with Crippen LogP contribution < -0.4 is 5.32 Å². The second-order valence-corrected chi connectivity index (χ2v) is 6.68. The third-order valence-corrected chi connectivity index (χ3v) is 4.20. The smallest absolute Gasteiger partial charge is 0.411 e. The number of ether oxygens (including phenoxy) is 2. The molecule has 7 nitrogen and oxygen atoms in total. The molecule has 0 radical (unpaired) electrons. The number of benzene rings is 3. The van der Waals surface area contributed by atoms with E-state index in [9.17, 15) is 9.59 Å². The first kappa shape index (κ1) is 21.9. The minimum Gasteiger partial charge on any atom is -0.449 e. The number of rotatable bonds is 5. The predicted molar refractivity (Wildman–Crippen MR) is 119 cm³/mol. The van der Waals surface area contributed by atoms with Crippen molar-refractivity contribution < 1.29 is 19.1 Å². The van der Waals surface area contributed by atoms with Crippen LogP contribution in [0.4, 0.5) is 15.3 Å². The summed E-state index contributed by atoms with van der Waals surface area (Å²) in [6, 6.07) is 24.4. The maximum Gasteiger partial charge on any atom is 0.411 e. The van der Waals surface area contributed by atoms with Gasteiger partial charge in [0.05, 0.1) is 11.7 Å². The first-order valence-corrected chi connectivity index (χ1v) is 9.75. The van der Waals surface area contributed by atoms with Crippen LogP contribution in [0.3, 0.4) is 0 Å². The highest BCUT2D eigenvalue weighted by Gasteiger charge is 2.05. The van der Waals surface area contributed by atoms with Crippen molar-refractivity contribution in [1.29, 1.82) is 0 Å². The van der Waals surface area contributed by atoms with Crippen molar-refractivity contribution in [3.63, 3.8) is 0 Å². The molecule has 1 heterocycles. The lowest BCUT2D eigenvalue weighted by molar-refractivity contribution is 0.155. The van der Waals surface area contributed by atoms with E-state index in [0.717, 1.165) is 22.0 Å². The number of carbonyl (C=O) groups is 2. The van der Waals surface area contributed by atoms with E-state index in [1.807, 2.05) is 72.8 Å². The molecule has 0 fully saturated rings. The molecule has 31 heavy (non-hydrogen) atoms. The summed E-state index contributed by atoms with van der Waals surface area (Å²) >= 11 is 4.97. The van der Waals surface area contributed by atoms with Crippen LogP contribution in [0.5, 0.6) is 0 Å². The summed E-state index contributed by atoms with van der Waals surface area (Å²) in [5, 5.41) is 10.4. The predicted octanol–water partition coefficient (Wildman–Crippen LogP) is 5.87. The highest BCUT2D eigenvalue weighted by atomic mass is 35.5. The number of halogens is 1. The van der Waals surface area contributed by atoms with Crippen LogP contribution in [0.1, 0.15) is 11.1 Å². The Morgan fingerprint density at radius 1 is 0.871 bits per heavy atom. The number of hydrogen-bond donors (Lipinski definition) is 2. The van der Waals surface area contributed by atoms with Crippen LogP contribution in [0.15, 0.2) is 85.1 Å². The van der Waals surface area contributed by atoms with E-state index in [1.165, 1.54) is 0 Å². The van der Waals surface area contributed by atoms with Gasteiger partial charge in [0.15, 0.2) is 0 Å². The Labute approximate surface area is 183 Å². The van der Waals surface area contributed by atoms with Gasteiger partial charge in [-0.15, -0.1) is 0 Å². The van der Waals surface area contributed by atoms with E-state index in [1.54, 1.807) is 12.3 Å². The van der Waals surface area contributed by atoms with Crippen molar-refractivity contribution in [3.05, 3.63) is 96.2 Å². The lowest BCUT2D eigenvalue weighted by Crippen LogP contribution is -2.13. The maximum atomic E-state index is 11.7. The molecule has 3 aromatic carbocycles. The molecule has 4 rings (SSSR count). The second kappa shape index (κ2) is 11.4. The number of aromatic nitrogens is 2. The van der Waals surface area contributed by atoms with E-state index in [0.29, 0.717) is 5.69 Å². The van der Waals surface area contributed by atoms with Crippen LogP contribution in [-0.2, 0) is 22.7 Å². The lowest BCUT2D eigenvalue weighted by Gasteiger charge is -2.07. The van der Waals surface area contributed by atoms with Crippen LogP contribution in [0.25, 0.3) is 10.9 Å². The van der Waals surface area contributed by atoms with Gasteiger partial charge in [-0.3, -0.25) is 10.4 Å². The number of H-pyrrole nitrogens is 1. The molecule has 2 N–H and O–H groups in total. The molecule has 0 spiro atoms. The number of anilines is 1. The van der Waals surface area contributed by atoms with E-state index < -0.39 is 11.5 Å². The summed E-state index contributed by atoms with van der Waals surface area (Å²) in [7, 11) is 0. The van der Waals surface area contributed by atoms with Crippen molar-refractivity contribution in [2.75, 3.05) is 5.32 Å². The fourth-order valence-electron chi connectivity index (χ4n) is 2.61. The van der Waals surface area contributed by atoms with Gasteiger partial charge in [0, 0.05) is 22.7 Å². The number of aromatic amines is 1. The summed E-state index contributed by atoms with van der Waals surface area (Å²) in [6.45, 7) is 0.490. The Balaban J connectivity index is 0.000000210. The molecule has 0 saturated heterocycles. The third-order valence-electron chi connectivity index (χ3n) is 4.09. The first-order valence-electron chi connectivity index (χ1n) is 9.37. The van der Waals surface area contributed by atoms with Gasteiger partial charge in [0.25, 0.3) is 0 Å². The topological polar surface area (TPSA) is 93.3 Å². The molecule has 0 aliphatic rings. The van der Waals surface area contributed by atoms with Gasteiger partial charge >= 0.3 is 11.5 Å². The lowest BCUT2D eigenvalue weighted by atomic mass is 10.2. The zero-order valence-corrected chi connectivity index (χ0v) is 17.2. The Morgan fingerprint density at radius 3 is 2.10 bits per heavy atom. The Morgan fingerprint density at radius 2 is 1.48 bits per heavy atom. The van der Waals surface area contributed by atoms with Crippen molar-refractivity contribution >= 4 is 39.7 Å². The van der Waals surface area contributed by atoms with Gasteiger partial charge in [0.2, 0.25) is 0 Å². The summed E-state index contributed by atoms with van der Waals surface area (Å²) in [5.74, 6) is 0. The van der Waals surface area contributed by atoms with Crippen molar-refractivity contribution in [1.82, 2.24) is 10.2 Å². The fourth-order valence-corrected chi connectivity index (χ4v) is 2.67. The van der Waals surface area contributed by atoms with Gasteiger partial charge in [0.1, 0.15) is 13.2 Å². The average Bonchev–Trinajstić information content (AvgIpc) is 3.26. The fraction of sp³-hybridized carbons (Fsp3) is 0.0870. The Kier molecular flexibility index (Phi) is 8.02. The third kappa shape index (κ3) is 7.49. The number of fused-ring (bicyclic) bond motifs is 1. The second-order valence-electron chi connectivity index (χ2n) is 6.37. The number of nitrogens with zero attached hydrogens (tertiary/aromatic N) is 1. The van der Waals surface area contributed by atoms with Crippen LogP contribution >= 0.6 is 11.6 Å². The van der Waals surface area contributed by atoms with E-state index >= 15 is 0 Å². The molecular formula is C23H20ClN3O4. The van der Waals surface area contributed by atoms with Crippen LogP contribution in [0.2, 0.25) is 0 Å². The molecule has 158 valence electrons. The number of carbonyl (C=O) groups excluding carboxylic acids is 2. The molecule has 0 aliphatic carbocycles. The average molecular weight is 438 g/mol. The van der Waals surface area contributed by atoms with Crippen molar-refractivity contribution in [3.8, 4) is 0 Å².